The highest BCUT2D eigenvalue weighted by atomic mass is 19.3. The number of hydrogen-bond acceptors (Lipinski definition) is 2. The summed E-state index contributed by atoms with van der Waals surface area (Å²) in [5.41, 5.74) is 11.6. The van der Waals surface area contributed by atoms with E-state index in [-0.39, 0.29) is 18.2 Å². The summed E-state index contributed by atoms with van der Waals surface area (Å²) in [6.07, 6.45) is -2.45. The van der Waals surface area contributed by atoms with Crippen LogP contribution in [0, 0.1) is 0 Å². The molecule has 2 nitrogen and oxygen atoms in total. The Labute approximate surface area is 75.5 Å². The molecule has 0 radical (unpaired) electrons. The second-order valence-corrected chi connectivity index (χ2v) is 2.81. The van der Waals surface area contributed by atoms with E-state index in [0.717, 1.165) is 0 Å². The van der Waals surface area contributed by atoms with Gasteiger partial charge in [-0.3, -0.25) is 0 Å². The molecule has 0 aliphatic rings. The summed E-state index contributed by atoms with van der Waals surface area (Å²) < 4.78 is 24.5. The van der Waals surface area contributed by atoms with Crippen molar-refractivity contribution in [3.05, 3.63) is 35.4 Å². The maximum absolute atomic E-state index is 12.2. The topological polar surface area (TPSA) is 52.0 Å². The maximum Gasteiger partial charge on any atom is 0.263 e. The lowest BCUT2D eigenvalue weighted by Gasteiger charge is -2.10. The van der Waals surface area contributed by atoms with Gasteiger partial charge in [-0.25, -0.2) is 8.78 Å². The first-order chi connectivity index (χ1) is 6.15. The molecule has 0 amide bonds. The second kappa shape index (κ2) is 4.30. The van der Waals surface area contributed by atoms with Crippen molar-refractivity contribution in [1.29, 1.82) is 0 Å². The van der Waals surface area contributed by atoms with Crippen molar-refractivity contribution in [2.24, 2.45) is 11.5 Å². The van der Waals surface area contributed by atoms with E-state index in [9.17, 15) is 8.78 Å². The number of halogens is 2. The fourth-order valence-electron chi connectivity index (χ4n) is 1.06. The van der Waals surface area contributed by atoms with Gasteiger partial charge < -0.3 is 11.5 Å². The smallest absolute Gasteiger partial charge is 0.263 e. The highest BCUT2D eigenvalue weighted by Crippen LogP contribution is 2.21. The van der Waals surface area contributed by atoms with Gasteiger partial charge in [0.1, 0.15) is 0 Å². The van der Waals surface area contributed by atoms with Gasteiger partial charge in [0.25, 0.3) is 6.43 Å². The van der Waals surface area contributed by atoms with E-state index >= 15 is 0 Å². The van der Waals surface area contributed by atoms with Gasteiger partial charge in [0.05, 0.1) is 0 Å². The molecule has 1 aromatic carbocycles. The first-order valence-electron chi connectivity index (χ1n) is 3.98. The van der Waals surface area contributed by atoms with Crippen LogP contribution in [-0.4, -0.2) is 6.54 Å². The Kier molecular flexibility index (Phi) is 3.33. The predicted octanol–water partition coefficient (Wildman–Crippen LogP) is 1.58. The quantitative estimate of drug-likeness (QED) is 0.753. The minimum Gasteiger partial charge on any atom is -0.329 e. The number of benzene rings is 1. The molecule has 0 bridgehead atoms. The summed E-state index contributed by atoms with van der Waals surface area (Å²) >= 11 is 0. The largest absolute Gasteiger partial charge is 0.329 e. The molecule has 0 fully saturated rings. The monoisotopic (exact) mass is 186 g/mol. The lowest BCUT2D eigenvalue weighted by Crippen LogP contribution is -2.20. The van der Waals surface area contributed by atoms with Gasteiger partial charge in [0, 0.05) is 18.2 Å². The average molecular weight is 186 g/mol. The molecule has 13 heavy (non-hydrogen) atoms. The summed E-state index contributed by atoms with van der Waals surface area (Å²) in [7, 11) is 0. The Bertz CT molecular complexity index is 276. The van der Waals surface area contributed by atoms with Gasteiger partial charge in [0.2, 0.25) is 0 Å². The van der Waals surface area contributed by atoms with Crippen molar-refractivity contribution in [2.45, 2.75) is 12.5 Å². The molecular weight excluding hydrogens is 174 g/mol. The highest BCUT2D eigenvalue weighted by Gasteiger charge is 2.09. The Balaban J connectivity index is 2.91. The van der Waals surface area contributed by atoms with E-state index in [2.05, 4.69) is 0 Å². The zero-order valence-corrected chi connectivity index (χ0v) is 7.08. The Hall–Kier alpha value is -1.00. The normalized spacial score (nSPS) is 13.3. The maximum atomic E-state index is 12.2. The summed E-state index contributed by atoms with van der Waals surface area (Å²) in [6.45, 7) is 0.257. The Morgan fingerprint density at radius 2 is 1.85 bits per heavy atom. The van der Waals surface area contributed by atoms with Crippen molar-refractivity contribution in [3.8, 4) is 0 Å². The number of hydrogen-bond donors (Lipinski definition) is 2. The van der Waals surface area contributed by atoms with Gasteiger partial charge in [-0.05, 0) is 11.6 Å². The van der Waals surface area contributed by atoms with Gasteiger partial charge in [-0.1, -0.05) is 18.2 Å². The third kappa shape index (κ3) is 2.47. The van der Waals surface area contributed by atoms with Crippen molar-refractivity contribution < 1.29 is 8.78 Å². The van der Waals surface area contributed by atoms with Crippen LogP contribution < -0.4 is 11.5 Å². The van der Waals surface area contributed by atoms with E-state index < -0.39 is 6.43 Å². The van der Waals surface area contributed by atoms with Crippen LogP contribution in [0.2, 0.25) is 0 Å². The predicted molar refractivity (Wildman–Crippen MR) is 47.4 cm³/mol. The summed E-state index contributed by atoms with van der Waals surface area (Å²) in [4.78, 5) is 0. The fraction of sp³-hybridized carbons (Fsp3) is 0.333. The highest BCUT2D eigenvalue weighted by molar-refractivity contribution is 5.26. The molecule has 4 N–H and O–H groups in total. The first-order valence-corrected chi connectivity index (χ1v) is 3.98. The van der Waals surface area contributed by atoms with Gasteiger partial charge >= 0.3 is 0 Å². The molecule has 4 heteroatoms. The van der Waals surface area contributed by atoms with Crippen molar-refractivity contribution in [2.75, 3.05) is 6.54 Å². The minimum absolute atomic E-state index is 0.0126. The molecule has 0 aliphatic heterocycles. The van der Waals surface area contributed by atoms with Gasteiger partial charge in [-0.2, -0.15) is 0 Å². The number of nitrogens with two attached hydrogens (primary N) is 2. The van der Waals surface area contributed by atoms with Crippen LogP contribution in [-0.2, 0) is 0 Å². The third-order valence-electron chi connectivity index (χ3n) is 1.84. The molecule has 1 aromatic rings. The van der Waals surface area contributed by atoms with Crippen LogP contribution in [0.1, 0.15) is 23.6 Å². The van der Waals surface area contributed by atoms with E-state index in [0.29, 0.717) is 5.56 Å². The van der Waals surface area contributed by atoms with Crippen molar-refractivity contribution >= 4 is 0 Å². The molecule has 1 atom stereocenters. The van der Waals surface area contributed by atoms with Gasteiger partial charge in [-0.15, -0.1) is 0 Å². The zero-order chi connectivity index (χ0) is 9.84. The average Bonchev–Trinajstić information content (AvgIpc) is 2.17. The molecule has 0 spiro atoms. The third-order valence-corrected chi connectivity index (χ3v) is 1.84. The lowest BCUT2D eigenvalue weighted by molar-refractivity contribution is 0.151. The number of rotatable bonds is 3. The zero-order valence-electron chi connectivity index (χ0n) is 7.08. The lowest BCUT2D eigenvalue weighted by atomic mass is 10.1. The van der Waals surface area contributed by atoms with E-state index in [1.165, 1.54) is 12.1 Å². The van der Waals surface area contributed by atoms with Crippen LogP contribution in [0.25, 0.3) is 0 Å². The first kappa shape index (κ1) is 10.1. The Morgan fingerprint density at radius 1 is 1.23 bits per heavy atom. The van der Waals surface area contributed by atoms with Crippen LogP contribution in [0.5, 0.6) is 0 Å². The van der Waals surface area contributed by atoms with Crippen LogP contribution in [0.15, 0.2) is 24.3 Å². The van der Waals surface area contributed by atoms with Crippen LogP contribution in [0.4, 0.5) is 8.78 Å². The van der Waals surface area contributed by atoms with E-state index in [1.807, 2.05) is 0 Å². The van der Waals surface area contributed by atoms with Crippen molar-refractivity contribution in [3.63, 3.8) is 0 Å². The number of alkyl halides is 2. The molecule has 0 saturated carbocycles. The van der Waals surface area contributed by atoms with Crippen molar-refractivity contribution in [1.82, 2.24) is 0 Å². The molecule has 0 aliphatic carbocycles. The van der Waals surface area contributed by atoms with E-state index in [1.54, 1.807) is 12.1 Å². The van der Waals surface area contributed by atoms with Gasteiger partial charge in [0.15, 0.2) is 0 Å². The second-order valence-electron chi connectivity index (χ2n) is 2.81. The SMILES string of the molecule is NC[C@H](N)c1cccc(C(F)F)c1. The van der Waals surface area contributed by atoms with Crippen LogP contribution >= 0.6 is 0 Å². The minimum atomic E-state index is -2.45. The standard InChI is InChI=1S/C9H12F2N2/c10-9(11)7-3-1-2-6(4-7)8(13)5-12/h1-4,8-9H,5,12-13H2/t8-/m0/s1. The summed E-state index contributed by atoms with van der Waals surface area (Å²) in [5.74, 6) is 0. The molecule has 0 saturated heterocycles. The molecule has 1 rings (SSSR count). The molecule has 0 heterocycles. The van der Waals surface area contributed by atoms with Crippen LogP contribution in [0.3, 0.4) is 0 Å². The molecule has 72 valence electrons. The fourth-order valence-corrected chi connectivity index (χ4v) is 1.06. The van der Waals surface area contributed by atoms with E-state index in [4.69, 9.17) is 11.5 Å². The molecule has 0 aromatic heterocycles. The molecule has 0 unspecified atom stereocenters. The summed E-state index contributed by atoms with van der Waals surface area (Å²) in [6, 6.07) is 5.66. The molecular formula is C9H12F2N2. The summed E-state index contributed by atoms with van der Waals surface area (Å²) in [5, 5.41) is 0. The Morgan fingerprint density at radius 3 is 2.38 bits per heavy atom.